The standard InChI is InChI=1S/C22H31ClN2O4S/c1-21(2,29-18-7-5-17(23)6-8-18)20(25-28-3)24-19-15-9-14-10-16(19)13-22(11-14,12-15)30(4,26)27/h5-8,14-16,19H,9-13H2,1-4H3,(H,24,25). The maximum absolute atomic E-state index is 12.6. The molecule has 6 nitrogen and oxygen atoms in total. The molecule has 8 heteroatoms. The van der Waals surface area contributed by atoms with Crippen LogP contribution in [0, 0.1) is 17.8 Å². The number of rotatable bonds is 6. The summed E-state index contributed by atoms with van der Waals surface area (Å²) in [6, 6.07) is 7.41. The lowest BCUT2D eigenvalue weighted by atomic mass is 9.53. The van der Waals surface area contributed by atoms with Crippen LogP contribution in [0.4, 0.5) is 0 Å². The average molecular weight is 455 g/mol. The third kappa shape index (κ3) is 3.91. The van der Waals surface area contributed by atoms with Gasteiger partial charge in [0.05, 0.1) is 4.75 Å². The summed E-state index contributed by atoms with van der Waals surface area (Å²) in [6.07, 6.45) is 5.86. The minimum Gasteiger partial charge on any atom is -0.480 e. The second-order valence-electron chi connectivity index (χ2n) is 9.78. The Morgan fingerprint density at radius 3 is 2.30 bits per heavy atom. The maximum Gasteiger partial charge on any atom is 0.185 e. The molecule has 0 radical (unpaired) electrons. The Kier molecular flexibility index (Phi) is 5.50. The fourth-order valence-corrected chi connectivity index (χ4v) is 7.74. The SMILES string of the molecule is CO/N=C(/NC1C2CC3CC1CC(S(C)(=O)=O)(C3)C2)C(C)(C)Oc1ccc(Cl)cc1. The van der Waals surface area contributed by atoms with E-state index in [9.17, 15) is 8.42 Å². The molecule has 4 aliphatic rings. The highest BCUT2D eigenvalue weighted by molar-refractivity contribution is 7.92. The first-order chi connectivity index (χ1) is 14.0. The van der Waals surface area contributed by atoms with Crippen LogP contribution in [0.3, 0.4) is 0 Å². The number of halogens is 1. The Balaban J connectivity index is 1.54. The van der Waals surface area contributed by atoms with Gasteiger partial charge < -0.3 is 14.9 Å². The van der Waals surface area contributed by atoms with Gasteiger partial charge in [0.1, 0.15) is 12.9 Å². The Labute approximate surface area is 184 Å². The largest absolute Gasteiger partial charge is 0.480 e. The quantitative estimate of drug-likeness (QED) is 0.398. The molecule has 30 heavy (non-hydrogen) atoms. The van der Waals surface area contributed by atoms with E-state index in [0.717, 1.165) is 32.1 Å². The molecule has 2 atom stereocenters. The van der Waals surface area contributed by atoms with Crippen LogP contribution >= 0.6 is 11.6 Å². The predicted octanol–water partition coefficient (Wildman–Crippen LogP) is 4.04. The van der Waals surface area contributed by atoms with Crippen LogP contribution in [0.25, 0.3) is 0 Å². The first-order valence-corrected chi connectivity index (χ1v) is 12.8. The van der Waals surface area contributed by atoms with Crippen molar-refractivity contribution in [3.8, 4) is 5.75 Å². The Morgan fingerprint density at radius 1 is 1.17 bits per heavy atom. The first kappa shape index (κ1) is 21.8. The van der Waals surface area contributed by atoms with Gasteiger partial charge in [-0.1, -0.05) is 16.8 Å². The van der Waals surface area contributed by atoms with E-state index >= 15 is 0 Å². The van der Waals surface area contributed by atoms with Crippen molar-refractivity contribution in [1.29, 1.82) is 0 Å². The van der Waals surface area contributed by atoms with Gasteiger partial charge in [-0.15, -0.1) is 0 Å². The summed E-state index contributed by atoms with van der Waals surface area (Å²) < 4.78 is 30.9. The molecule has 0 spiro atoms. The molecule has 1 N–H and O–H groups in total. The Hall–Kier alpha value is -1.47. The van der Waals surface area contributed by atoms with Gasteiger partial charge in [-0.2, -0.15) is 0 Å². The van der Waals surface area contributed by atoms with Crippen LogP contribution in [0.1, 0.15) is 46.0 Å². The van der Waals surface area contributed by atoms with Gasteiger partial charge in [0, 0.05) is 17.3 Å². The number of ether oxygens (including phenoxy) is 1. The number of oxime groups is 1. The zero-order valence-corrected chi connectivity index (χ0v) is 19.6. The molecule has 4 fully saturated rings. The van der Waals surface area contributed by atoms with Gasteiger partial charge >= 0.3 is 0 Å². The van der Waals surface area contributed by atoms with E-state index in [1.807, 2.05) is 26.0 Å². The normalized spacial score (nSPS) is 33.4. The fourth-order valence-electron chi connectivity index (χ4n) is 6.04. The fraction of sp³-hybridized carbons (Fsp3) is 0.682. The summed E-state index contributed by atoms with van der Waals surface area (Å²) in [4.78, 5) is 5.14. The Morgan fingerprint density at radius 2 is 1.77 bits per heavy atom. The molecule has 0 aliphatic heterocycles. The summed E-state index contributed by atoms with van der Waals surface area (Å²) in [7, 11) is -1.55. The second-order valence-corrected chi connectivity index (χ2v) is 12.6. The number of hydrogen-bond acceptors (Lipinski definition) is 5. The highest BCUT2D eigenvalue weighted by Gasteiger charge is 2.60. The number of benzene rings is 1. The van der Waals surface area contributed by atoms with Crippen molar-refractivity contribution in [2.24, 2.45) is 22.9 Å². The first-order valence-electron chi connectivity index (χ1n) is 10.6. The van der Waals surface area contributed by atoms with Gasteiger partial charge in [-0.25, -0.2) is 8.42 Å². The average Bonchev–Trinajstić information content (AvgIpc) is 2.64. The van der Waals surface area contributed by atoms with Crippen LogP contribution in [0.5, 0.6) is 5.75 Å². The predicted molar refractivity (Wildman–Crippen MR) is 119 cm³/mol. The molecule has 1 aromatic rings. The van der Waals surface area contributed by atoms with Gasteiger partial charge in [0.25, 0.3) is 0 Å². The van der Waals surface area contributed by atoms with E-state index in [4.69, 9.17) is 21.2 Å². The zero-order valence-electron chi connectivity index (χ0n) is 18.0. The van der Waals surface area contributed by atoms with Crippen LogP contribution in [0.15, 0.2) is 29.4 Å². The van der Waals surface area contributed by atoms with Crippen molar-refractivity contribution >= 4 is 27.3 Å². The molecule has 4 saturated carbocycles. The van der Waals surface area contributed by atoms with Crippen LogP contribution in [-0.2, 0) is 14.7 Å². The molecule has 166 valence electrons. The van der Waals surface area contributed by atoms with Crippen LogP contribution in [-0.4, -0.2) is 44.0 Å². The van der Waals surface area contributed by atoms with Gasteiger partial charge in [0.2, 0.25) is 0 Å². The molecule has 2 unspecified atom stereocenters. The van der Waals surface area contributed by atoms with Crippen molar-refractivity contribution in [2.75, 3.05) is 13.4 Å². The molecular formula is C22H31ClN2O4S. The van der Waals surface area contributed by atoms with Gasteiger partial charge in [-0.3, -0.25) is 0 Å². The molecule has 4 aliphatic carbocycles. The monoisotopic (exact) mass is 454 g/mol. The molecule has 1 aromatic carbocycles. The van der Waals surface area contributed by atoms with Crippen LogP contribution < -0.4 is 10.1 Å². The van der Waals surface area contributed by atoms with E-state index < -0.39 is 20.2 Å². The molecule has 4 bridgehead atoms. The van der Waals surface area contributed by atoms with E-state index in [-0.39, 0.29) is 6.04 Å². The van der Waals surface area contributed by atoms with Crippen molar-refractivity contribution in [1.82, 2.24) is 5.32 Å². The highest BCUT2D eigenvalue weighted by atomic mass is 35.5. The Bertz CT molecular complexity index is 913. The van der Waals surface area contributed by atoms with Gasteiger partial charge in [-0.05, 0) is 88.0 Å². The molecule has 0 amide bonds. The van der Waals surface area contributed by atoms with Gasteiger partial charge in [0.15, 0.2) is 21.3 Å². The third-order valence-corrected chi connectivity index (χ3v) is 9.57. The smallest absolute Gasteiger partial charge is 0.185 e. The lowest BCUT2D eigenvalue weighted by Crippen LogP contribution is -2.65. The second kappa shape index (κ2) is 7.59. The summed E-state index contributed by atoms with van der Waals surface area (Å²) in [6.45, 7) is 3.89. The van der Waals surface area contributed by atoms with E-state index in [0.29, 0.717) is 34.4 Å². The molecule has 0 heterocycles. The molecular weight excluding hydrogens is 424 g/mol. The summed E-state index contributed by atoms with van der Waals surface area (Å²) in [5.41, 5.74) is -0.757. The van der Waals surface area contributed by atoms with E-state index in [1.54, 1.807) is 12.1 Å². The number of amidine groups is 1. The molecule has 5 rings (SSSR count). The van der Waals surface area contributed by atoms with E-state index in [1.165, 1.54) is 13.4 Å². The molecule has 0 saturated heterocycles. The zero-order chi connectivity index (χ0) is 21.7. The molecule has 0 aromatic heterocycles. The summed E-state index contributed by atoms with van der Waals surface area (Å²) >= 11 is 5.98. The van der Waals surface area contributed by atoms with Crippen molar-refractivity contribution in [3.05, 3.63) is 29.3 Å². The minimum atomic E-state index is -3.07. The summed E-state index contributed by atoms with van der Waals surface area (Å²) in [5.74, 6) is 2.46. The number of nitrogens with zero attached hydrogens (tertiary/aromatic N) is 1. The lowest BCUT2D eigenvalue weighted by Gasteiger charge is -2.59. The summed E-state index contributed by atoms with van der Waals surface area (Å²) in [5, 5.41) is 8.53. The van der Waals surface area contributed by atoms with E-state index in [2.05, 4.69) is 10.5 Å². The number of sulfone groups is 1. The highest BCUT2D eigenvalue weighted by Crippen LogP contribution is 2.58. The number of nitrogens with one attached hydrogen (secondary N) is 1. The van der Waals surface area contributed by atoms with Crippen molar-refractivity contribution < 1.29 is 18.0 Å². The van der Waals surface area contributed by atoms with Crippen molar-refractivity contribution in [2.45, 2.75) is 62.3 Å². The van der Waals surface area contributed by atoms with Crippen molar-refractivity contribution in [3.63, 3.8) is 0 Å². The lowest BCUT2D eigenvalue weighted by molar-refractivity contribution is 0.00394. The number of hydrogen-bond donors (Lipinski definition) is 1. The van der Waals surface area contributed by atoms with Crippen LogP contribution in [0.2, 0.25) is 5.02 Å². The maximum atomic E-state index is 12.6. The topological polar surface area (TPSA) is 77.0 Å². The third-order valence-electron chi connectivity index (χ3n) is 7.25. The minimum absolute atomic E-state index is 0.179.